The van der Waals surface area contributed by atoms with E-state index in [4.69, 9.17) is 0 Å². The second kappa shape index (κ2) is 8.53. The molecule has 1 fully saturated rings. The Kier molecular flexibility index (Phi) is 5.65. The summed E-state index contributed by atoms with van der Waals surface area (Å²) in [6, 6.07) is 15.6. The van der Waals surface area contributed by atoms with Crippen LogP contribution in [0.25, 0.3) is 23.1 Å². The number of aromatic nitrogens is 2. The predicted molar refractivity (Wildman–Crippen MR) is 119 cm³/mol. The number of amides is 2. The number of para-hydroxylation sites is 1. The second-order valence-corrected chi connectivity index (χ2v) is 7.91. The van der Waals surface area contributed by atoms with E-state index in [1.807, 2.05) is 65.6 Å². The molecule has 30 heavy (non-hydrogen) atoms. The van der Waals surface area contributed by atoms with Crippen LogP contribution in [0.3, 0.4) is 0 Å². The van der Waals surface area contributed by atoms with E-state index in [0.29, 0.717) is 18.7 Å². The van der Waals surface area contributed by atoms with E-state index in [-0.39, 0.29) is 17.7 Å². The van der Waals surface area contributed by atoms with Crippen LogP contribution in [-0.4, -0.2) is 59.0 Å². The van der Waals surface area contributed by atoms with Gasteiger partial charge in [0, 0.05) is 44.1 Å². The Morgan fingerprint density at radius 3 is 2.43 bits per heavy atom. The van der Waals surface area contributed by atoms with Gasteiger partial charge >= 0.3 is 0 Å². The molecule has 154 valence electrons. The van der Waals surface area contributed by atoms with Gasteiger partial charge in [-0.25, -0.2) is 0 Å². The Hall–Kier alpha value is -3.41. The largest absolute Gasteiger partial charge is 0.349 e. The van der Waals surface area contributed by atoms with E-state index < -0.39 is 0 Å². The molecule has 1 saturated heterocycles. The van der Waals surface area contributed by atoms with Gasteiger partial charge in [0.25, 0.3) is 5.91 Å². The van der Waals surface area contributed by atoms with Crippen LogP contribution < -0.4 is 0 Å². The lowest BCUT2D eigenvalue weighted by molar-refractivity contribution is -0.134. The Labute approximate surface area is 176 Å². The molecule has 0 atom stereocenters. The minimum absolute atomic E-state index is 0.0229. The molecule has 1 aliphatic rings. The maximum Gasteiger partial charge on any atom is 0.253 e. The molecule has 1 aliphatic heterocycles. The number of hydrogen-bond acceptors (Lipinski definition) is 3. The molecule has 0 radical (unpaired) electrons. The Balaban J connectivity index is 1.39. The highest BCUT2D eigenvalue weighted by Gasteiger charge is 2.28. The third-order valence-corrected chi connectivity index (χ3v) is 5.66. The molecule has 6 nitrogen and oxygen atoms in total. The van der Waals surface area contributed by atoms with Gasteiger partial charge in [-0.1, -0.05) is 36.4 Å². The molecule has 0 aliphatic carbocycles. The first kappa shape index (κ1) is 19.9. The third kappa shape index (κ3) is 4.13. The number of benzene rings is 2. The zero-order valence-corrected chi connectivity index (χ0v) is 17.3. The van der Waals surface area contributed by atoms with Crippen molar-refractivity contribution in [2.75, 3.05) is 27.2 Å². The van der Waals surface area contributed by atoms with Crippen LogP contribution in [0.2, 0.25) is 0 Å². The van der Waals surface area contributed by atoms with E-state index in [1.165, 1.54) is 0 Å². The topological polar surface area (TPSA) is 69.3 Å². The van der Waals surface area contributed by atoms with Crippen LogP contribution in [0.4, 0.5) is 0 Å². The lowest BCUT2D eigenvalue weighted by Gasteiger charge is -2.32. The van der Waals surface area contributed by atoms with Gasteiger partial charge in [-0.3, -0.25) is 14.7 Å². The number of H-pyrrole nitrogens is 1. The number of fused-ring (bicyclic) bond motifs is 1. The van der Waals surface area contributed by atoms with Crippen LogP contribution in [0.1, 0.15) is 34.5 Å². The van der Waals surface area contributed by atoms with Gasteiger partial charge in [-0.05, 0) is 42.7 Å². The van der Waals surface area contributed by atoms with Crippen molar-refractivity contribution in [3.8, 4) is 0 Å². The first-order chi connectivity index (χ1) is 14.5. The first-order valence-electron chi connectivity index (χ1n) is 10.2. The highest BCUT2D eigenvalue weighted by molar-refractivity contribution is 5.95. The maximum absolute atomic E-state index is 12.8. The maximum atomic E-state index is 12.8. The van der Waals surface area contributed by atoms with Gasteiger partial charge < -0.3 is 9.80 Å². The summed E-state index contributed by atoms with van der Waals surface area (Å²) in [5.41, 5.74) is 3.58. The summed E-state index contributed by atoms with van der Waals surface area (Å²) in [6.07, 6.45) is 5.42. The zero-order valence-electron chi connectivity index (χ0n) is 17.3. The van der Waals surface area contributed by atoms with Crippen LogP contribution in [0.5, 0.6) is 0 Å². The van der Waals surface area contributed by atoms with Crippen molar-refractivity contribution in [1.82, 2.24) is 20.0 Å². The number of carbonyl (C=O) groups is 2. The van der Waals surface area contributed by atoms with Crippen molar-refractivity contribution in [1.29, 1.82) is 0 Å². The molecule has 0 bridgehead atoms. The van der Waals surface area contributed by atoms with Crippen molar-refractivity contribution < 1.29 is 9.59 Å². The average Bonchev–Trinajstić information content (AvgIpc) is 3.20. The molecule has 1 aromatic heterocycles. The number of hydrogen-bond donors (Lipinski definition) is 1. The summed E-state index contributed by atoms with van der Waals surface area (Å²) in [5, 5.41) is 8.45. The number of nitrogens with zero attached hydrogens (tertiary/aromatic N) is 3. The van der Waals surface area contributed by atoms with Crippen LogP contribution in [-0.2, 0) is 4.79 Å². The van der Waals surface area contributed by atoms with Crippen molar-refractivity contribution in [3.05, 3.63) is 65.4 Å². The van der Waals surface area contributed by atoms with Crippen LogP contribution in [0.15, 0.2) is 48.5 Å². The molecule has 0 saturated carbocycles. The lowest BCUT2D eigenvalue weighted by Crippen LogP contribution is -2.42. The van der Waals surface area contributed by atoms with Crippen molar-refractivity contribution >= 4 is 34.9 Å². The smallest absolute Gasteiger partial charge is 0.253 e. The molecule has 6 heteroatoms. The number of rotatable bonds is 4. The normalized spacial score (nSPS) is 15.1. The SMILES string of the molecule is CN(C)C(=O)C1CCN(C(=O)c2ccc(/C=C/c3n[nH]c4ccccc34)cc2)CC1. The Morgan fingerprint density at radius 1 is 1.03 bits per heavy atom. The van der Waals surface area contributed by atoms with Crippen LogP contribution >= 0.6 is 0 Å². The van der Waals surface area contributed by atoms with E-state index in [9.17, 15) is 9.59 Å². The molecule has 2 amide bonds. The highest BCUT2D eigenvalue weighted by Crippen LogP contribution is 2.21. The van der Waals surface area contributed by atoms with Gasteiger partial charge in [0.1, 0.15) is 0 Å². The fourth-order valence-electron chi connectivity index (χ4n) is 3.90. The Morgan fingerprint density at radius 2 is 1.73 bits per heavy atom. The van der Waals surface area contributed by atoms with E-state index in [1.54, 1.807) is 19.0 Å². The van der Waals surface area contributed by atoms with Crippen molar-refractivity contribution in [3.63, 3.8) is 0 Å². The minimum Gasteiger partial charge on any atom is -0.349 e. The van der Waals surface area contributed by atoms with E-state index in [0.717, 1.165) is 35.0 Å². The summed E-state index contributed by atoms with van der Waals surface area (Å²) in [4.78, 5) is 28.4. The molecule has 2 heterocycles. The molecule has 2 aromatic carbocycles. The third-order valence-electron chi connectivity index (χ3n) is 5.66. The molecular formula is C24H26N4O2. The summed E-state index contributed by atoms with van der Waals surface area (Å²) >= 11 is 0. The van der Waals surface area contributed by atoms with Crippen molar-refractivity contribution in [2.24, 2.45) is 5.92 Å². The predicted octanol–water partition coefficient (Wildman–Crippen LogP) is 3.67. The summed E-state index contributed by atoms with van der Waals surface area (Å²) < 4.78 is 0. The molecule has 1 N–H and O–H groups in total. The Bertz CT molecular complexity index is 1070. The summed E-state index contributed by atoms with van der Waals surface area (Å²) in [5.74, 6) is 0.206. The quantitative estimate of drug-likeness (QED) is 0.724. The first-order valence-corrected chi connectivity index (χ1v) is 10.2. The number of aromatic amines is 1. The average molecular weight is 402 g/mol. The zero-order chi connectivity index (χ0) is 21.1. The van der Waals surface area contributed by atoms with Gasteiger partial charge in [0.2, 0.25) is 5.91 Å². The van der Waals surface area contributed by atoms with Gasteiger partial charge in [0.05, 0.1) is 11.2 Å². The molecular weight excluding hydrogens is 376 g/mol. The molecule has 0 unspecified atom stereocenters. The molecule has 0 spiro atoms. The number of piperidine rings is 1. The van der Waals surface area contributed by atoms with Gasteiger partial charge in [0.15, 0.2) is 0 Å². The molecule has 3 aromatic rings. The van der Waals surface area contributed by atoms with Gasteiger partial charge in [-0.2, -0.15) is 5.10 Å². The monoisotopic (exact) mass is 402 g/mol. The van der Waals surface area contributed by atoms with E-state index in [2.05, 4.69) is 10.2 Å². The summed E-state index contributed by atoms with van der Waals surface area (Å²) in [7, 11) is 3.56. The standard InChI is InChI=1S/C24H26N4O2/c1-27(2)23(29)19-13-15-28(16-14-19)24(30)18-10-7-17(8-11-18)9-12-22-20-5-3-4-6-21(20)25-26-22/h3-12,19H,13-16H2,1-2H3,(H,25,26)/b12-9+. The molecule has 4 rings (SSSR count). The fraction of sp³-hybridized carbons (Fsp3) is 0.292. The van der Waals surface area contributed by atoms with Gasteiger partial charge in [-0.15, -0.1) is 0 Å². The highest BCUT2D eigenvalue weighted by atomic mass is 16.2. The van der Waals surface area contributed by atoms with Crippen molar-refractivity contribution in [2.45, 2.75) is 12.8 Å². The fourth-order valence-corrected chi connectivity index (χ4v) is 3.90. The lowest BCUT2D eigenvalue weighted by atomic mass is 9.95. The minimum atomic E-state index is 0.0229. The van der Waals surface area contributed by atoms with E-state index >= 15 is 0 Å². The second-order valence-electron chi connectivity index (χ2n) is 7.91. The number of likely N-dealkylation sites (tertiary alicyclic amines) is 1. The van der Waals surface area contributed by atoms with Crippen LogP contribution in [0, 0.1) is 5.92 Å². The number of carbonyl (C=O) groups excluding carboxylic acids is 2. The summed E-state index contributed by atoms with van der Waals surface area (Å²) in [6.45, 7) is 1.24. The number of nitrogens with one attached hydrogen (secondary N) is 1.